The average molecular weight is 367 g/mol. The van der Waals surface area contributed by atoms with Gasteiger partial charge in [0.2, 0.25) is 5.91 Å². The van der Waals surface area contributed by atoms with E-state index in [1.54, 1.807) is 25.1 Å². The van der Waals surface area contributed by atoms with E-state index in [4.69, 9.17) is 27.6 Å². The number of carbonyl (C=O) groups excluding carboxylic acids is 1. The van der Waals surface area contributed by atoms with Crippen molar-refractivity contribution in [3.05, 3.63) is 52.5 Å². The topological polar surface area (TPSA) is 55.1 Å². The van der Waals surface area contributed by atoms with E-state index >= 15 is 0 Å². The van der Waals surface area contributed by atoms with Gasteiger partial charge >= 0.3 is 0 Å². The van der Waals surface area contributed by atoms with Crippen molar-refractivity contribution in [1.29, 1.82) is 0 Å². The first-order valence-corrected chi connectivity index (χ1v) is 8.44. The number of benzene rings is 2. The van der Waals surface area contributed by atoms with Crippen LogP contribution in [-0.2, 0) is 4.79 Å². The molecular formula is C16H12Cl2N2O2S. The lowest BCUT2D eigenvalue weighted by molar-refractivity contribution is -0.115. The summed E-state index contributed by atoms with van der Waals surface area (Å²) in [5, 5.41) is 3.78. The Morgan fingerprint density at radius 2 is 1.91 bits per heavy atom. The summed E-state index contributed by atoms with van der Waals surface area (Å²) < 4.78 is 5.61. The van der Waals surface area contributed by atoms with Gasteiger partial charge in [0.25, 0.3) is 5.22 Å². The summed E-state index contributed by atoms with van der Waals surface area (Å²) in [5.41, 5.74) is 2.02. The minimum atomic E-state index is -0.388. The largest absolute Gasteiger partial charge is 0.431 e. The van der Waals surface area contributed by atoms with Crippen LogP contribution >= 0.6 is 35.0 Å². The number of halogens is 2. The molecule has 0 aliphatic rings. The number of fused-ring (bicyclic) bond motifs is 1. The predicted molar refractivity (Wildman–Crippen MR) is 94.4 cm³/mol. The minimum Gasteiger partial charge on any atom is -0.431 e. The molecule has 1 amide bonds. The molecule has 1 heterocycles. The molecule has 7 heteroatoms. The van der Waals surface area contributed by atoms with Crippen LogP contribution in [0.5, 0.6) is 0 Å². The van der Waals surface area contributed by atoms with Crippen LogP contribution in [0.2, 0.25) is 10.0 Å². The summed E-state index contributed by atoms with van der Waals surface area (Å²) in [5.74, 6) is -0.185. The second-order valence-electron chi connectivity index (χ2n) is 4.85. The van der Waals surface area contributed by atoms with Crippen molar-refractivity contribution >= 4 is 57.7 Å². The van der Waals surface area contributed by atoms with E-state index in [0.717, 1.165) is 5.52 Å². The van der Waals surface area contributed by atoms with E-state index in [-0.39, 0.29) is 11.2 Å². The third-order valence-corrected chi connectivity index (χ3v) is 4.43. The summed E-state index contributed by atoms with van der Waals surface area (Å²) in [6, 6.07) is 12.4. The van der Waals surface area contributed by atoms with Crippen molar-refractivity contribution in [2.24, 2.45) is 0 Å². The molecule has 1 aromatic heterocycles. The normalized spacial score (nSPS) is 12.3. The lowest BCUT2D eigenvalue weighted by Crippen LogP contribution is -2.22. The summed E-state index contributed by atoms with van der Waals surface area (Å²) in [4.78, 5) is 16.6. The SMILES string of the molecule is C[C@H](Sc1nc2ccccc2o1)C(=O)Nc1cc(Cl)cc(Cl)c1. The quantitative estimate of drug-likeness (QED) is 0.640. The number of anilines is 1. The number of rotatable bonds is 4. The minimum absolute atomic E-state index is 0.185. The first kappa shape index (κ1) is 16.2. The Kier molecular flexibility index (Phi) is 4.80. The maximum atomic E-state index is 12.3. The van der Waals surface area contributed by atoms with E-state index in [9.17, 15) is 4.79 Å². The van der Waals surface area contributed by atoms with Crippen molar-refractivity contribution in [3.63, 3.8) is 0 Å². The van der Waals surface area contributed by atoms with Crippen LogP contribution in [0, 0.1) is 0 Å². The number of carbonyl (C=O) groups is 1. The molecule has 4 nitrogen and oxygen atoms in total. The van der Waals surface area contributed by atoms with Crippen LogP contribution in [0.3, 0.4) is 0 Å². The van der Waals surface area contributed by atoms with Gasteiger partial charge in [-0.05, 0) is 37.3 Å². The Morgan fingerprint density at radius 3 is 2.61 bits per heavy atom. The number of aromatic nitrogens is 1. The average Bonchev–Trinajstić information content (AvgIpc) is 2.88. The zero-order valence-corrected chi connectivity index (χ0v) is 14.4. The fourth-order valence-electron chi connectivity index (χ4n) is 1.98. The van der Waals surface area contributed by atoms with E-state index in [1.165, 1.54) is 11.8 Å². The zero-order chi connectivity index (χ0) is 16.4. The fourth-order valence-corrected chi connectivity index (χ4v) is 3.26. The highest BCUT2D eigenvalue weighted by Gasteiger charge is 2.18. The monoisotopic (exact) mass is 366 g/mol. The molecule has 0 aliphatic carbocycles. The second kappa shape index (κ2) is 6.83. The van der Waals surface area contributed by atoms with Crippen LogP contribution in [0.1, 0.15) is 6.92 Å². The van der Waals surface area contributed by atoms with Crippen LogP contribution < -0.4 is 5.32 Å². The third kappa shape index (κ3) is 3.99. The van der Waals surface area contributed by atoms with Crippen molar-refractivity contribution in [1.82, 2.24) is 4.98 Å². The Bertz CT molecular complexity index is 813. The van der Waals surface area contributed by atoms with Crippen molar-refractivity contribution < 1.29 is 9.21 Å². The summed E-state index contributed by atoms with van der Waals surface area (Å²) >= 11 is 13.1. The number of hydrogen-bond donors (Lipinski definition) is 1. The van der Waals surface area contributed by atoms with Gasteiger partial charge in [0, 0.05) is 15.7 Å². The van der Waals surface area contributed by atoms with Crippen LogP contribution in [-0.4, -0.2) is 16.1 Å². The molecule has 1 N–H and O–H groups in total. The van der Waals surface area contributed by atoms with Gasteiger partial charge in [0.15, 0.2) is 5.58 Å². The fraction of sp³-hybridized carbons (Fsp3) is 0.125. The Morgan fingerprint density at radius 1 is 1.22 bits per heavy atom. The lowest BCUT2D eigenvalue weighted by Gasteiger charge is -2.10. The number of nitrogens with zero attached hydrogens (tertiary/aromatic N) is 1. The Balaban J connectivity index is 1.69. The molecule has 0 saturated carbocycles. The molecule has 3 aromatic rings. The van der Waals surface area contributed by atoms with Crippen molar-refractivity contribution in [2.45, 2.75) is 17.4 Å². The van der Waals surface area contributed by atoms with Gasteiger partial charge in [-0.25, -0.2) is 4.98 Å². The number of para-hydroxylation sites is 2. The molecular weight excluding hydrogens is 355 g/mol. The zero-order valence-electron chi connectivity index (χ0n) is 12.0. The predicted octanol–water partition coefficient (Wildman–Crippen LogP) is 5.25. The van der Waals surface area contributed by atoms with Gasteiger partial charge in [-0.2, -0.15) is 0 Å². The molecule has 0 fully saturated rings. The number of oxazole rings is 1. The van der Waals surface area contributed by atoms with Gasteiger partial charge in [-0.3, -0.25) is 4.79 Å². The number of thioether (sulfide) groups is 1. The van der Waals surface area contributed by atoms with Crippen LogP contribution in [0.4, 0.5) is 5.69 Å². The van der Waals surface area contributed by atoms with E-state index in [2.05, 4.69) is 10.3 Å². The lowest BCUT2D eigenvalue weighted by atomic mass is 10.3. The Labute approximate surface area is 147 Å². The van der Waals surface area contributed by atoms with Gasteiger partial charge in [0.05, 0.1) is 5.25 Å². The molecule has 0 bridgehead atoms. The molecule has 23 heavy (non-hydrogen) atoms. The van der Waals surface area contributed by atoms with Gasteiger partial charge < -0.3 is 9.73 Å². The first-order valence-electron chi connectivity index (χ1n) is 6.80. The molecule has 0 aliphatic heterocycles. The molecule has 3 rings (SSSR count). The highest BCUT2D eigenvalue weighted by atomic mass is 35.5. The summed E-state index contributed by atoms with van der Waals surface area (Å²) in [7, 11) is 0. The molecule has 1 atom stereocenters. The molecule has 0 spiro atoms. The second-order valence-corrected chi connectivity index (χ2v) is 7.02. The molecule has 118 valence electrons. The Hall–Kier alpha value is -1.69. The van der Waals surface area contributed by atoms with Crippen LogP contribution in [0.25, 0.3) is 11.1 Å². The van der Waals surface area contributed by atoms with Crippen molar-refractivity contribution in [2.75, 3.05) is 5.32 Å². The highest BCUT2D eigenvalue weighted by molar-refractivity contribution is 8.00. The first-order chi connectivity index (χ1) is 11.0. The summed E-state index contributed by atoms with van der Waals surface area (Å²) in [6.07, 6.45) is 0. The standard InChI is InChI=1S/C16H12Cl2N2O2S/c1-9(15(21)19-12-7-10(17)6-11(18)8-12)23-16-20-13-4-2-3-5-14(13)22-16/h2-9H,1H3,(H,19,21)/t9-/m0/s1. The van der Waals surface area contributed by atoms with Gasteiger partial charge in [-0.15, -0.1) is 0 Å². The number of nitrogens with one attached hydrogen (secondary N) is 1. The number of amides is 1. The third-order valence-electron chi connectivity index (χ3n) is 3.05. The molecule has 0 unspecified atom stereocenters. The smallest absolute Gasteiger partial charge is 0.257 e. The van der Waals surface area contributed by atoms with E-state index in [0.29, 0.717) is 26.5 Å². The number of hydrogen-bond acceptors (Lipinski definition) is 4. The van der Waals surface area contributed by atoms with Gasteiger partial charge in [0.1, 0.15) is 5.52 Å². The highest BCUT2D eigenvalue weighted by Crippen LogP contribution is 2.28. The van der Waals surface area contributed by atoms with E-state index in [1.807, 2.05) is 24.3 Å². The molecule has 0 saturated heterocycles. The summed E-state index contributed by atoms with van der Waals surface area (Å²) in [6.45, 7) is 1.78. The van der Waals surface area contributed by atoms with E-state index < -0.39 is 0 Å². The van der Waals surface area contributed by atoms with Gasteiger partial charge in [-0.1, -0.05) is 47.1 Å². The maximum absolute atomic E-state index is 12.3. The van der Waals surface area contributed by atoms with Crippen LogP contribution in [0.15, 0.2) is 52.1 Å². The maximum Gasteiger partial charge on any atom is 0.257 e. The van der Waals surface area contributed by atoms with Crippen molar-refractivity contribution in [3.8, 4) is 0 Å². The molecule has 2 aromatic carbocycles. The molecule has 0 radical (unpaired) electrons.